The fourth-order valence-electron chi connectivity index (χ4n) is 1.76. The molecule has 0 spiro atoms. The van der Waals surface area contributed by atoms with Gasteiger partial charge in [-0.2, -0.15) is 0 Å². The summed E-state index contributed by atoms with van der Waals surface area (Å²) in [6.45, 7) is 0. The molecule has 1 saturated carbocycles. The fraction of sp³-hybridized carbons (Fsp3) is 0.231. The van der Waals surface area contributed by atoms with Crippen LogP contribution in [0.4, 0.5) is 5.13 Å². The minimum absolute atomic E-state index is 0.377. The third-order valence-electron chi connectivity index (χ3n) is 2.83. The van der Waals surface area contributed by atoms with Crippen LogP contribution < -0.4 is 4.90 Å². The molecule has 1 amide bonds. The van der Waals surface area contributed by atoms with Gasteiger partial charge in [-0.25, -0.2) is 4.98 Å². The summed E-state index contributed by atoms with van der Waals surface area (Å²) in [6.07, 6.45) is 4.93. The van der Waals surface area contributed by atoms with Crippen LogP contribution in [0.25, 0.3) is 10.4 Å². The number of hydrogen-bond acceptors (Lipinski definition) is 3. The molecule has 86 valence electrons. The van der Waals surface area contributed by atoms with E-state index in [0.29, 0.717) is 6.04 Å². The predicted octanol–water partition coefficient (Wildman–Crippen LogP) is 2.94. The minimum atomic E-state index is 0.377. The van der Waals surface area contributed by atoms with Crippen molar-refractivity contribution in [2.75, 3.05) is 4.90 Å². The molecule has 0 atom stereocenters. The normalized spacial score (nSPS) is 14.6. The van der Waals surface area contributed by atoms with Crippen molar-refractivity contribution in [3.63, 3.8) is 0 Å². The summed E-state index contributed by atoms with van der Waals surface area (Å²) < 4.78 is 0. The topological polar surface area (TPSA) is 33.2 Å². The number of thiazole rings is 1. The summed E-state index contributed by atoms with van der Waals surface area (Å²) in [6, 6.07) is 10.5. The molecule has 1 fully saturated rings. The molecule has 2 aromatic rings. The summed E-state index contributed by atoms with van der Waals surface area (Å²) in [7, 11) is 0. The lowest BCUT2D eigenvalue weighted by molar-refractivity contribution is -0.107. The van der Waals surface area contributed by atoms with Gasteiger partial charge in [0.2, 0.25) is 6.41 Å². The first-order chi connectivity index (χ1) is 8.38. The first-order valence-electron chi connectivity index (χ1n) is 5.63. The number of carbonyl (C=O) groups excluding carboxylic acids is 1. The second kappa shape index (κ2) is 4.30. The Labute approximate surface area is 104 Å². The van der Waals surface area contributed by atoms with Gasteiger partial charge in [0.25, 0.3) is 0 Å². The molecule has 0 saturated heterocycles. The van der Waals surface area contributed by atoms with Crippen LogP contribution in [0.3, 0.4) is 0 Å². The molecular formula is C13H12N2OS. The SMILES string of the molecule is O=CN(c1ncc(-c2ccccc2)s1)C1CC1. The number of nitrogens with zero attached hydrogens (tertiary/aromatic N) is 2. The first kappa shape index (κ1) is 10.5. The minimum Gasteiger partial charge on any atom is -0.288 e. The van der Waals surface area contributed by atoms with Crippen LogP contribution in [0.1, 0.15) is 12.8 Å². The lowest BCUT2D eigenvalue weighted by Crippen LogP contribution is -2.22. The second-order valence-corrected chi connectivity index (χ2v) is 5.13. The summed E-state index contributed by atoms with van der Waals surface area (Å²) in [5.41, 5.74) is 1.15. The highest BCUT2D eigenvalue weighted by molar-refractivity contribution is 7.19. The largest absolute Gasteiger partial charge is 0.288 e. The zero-order valence-electron chi connectivity index (χ0n) is 9.24. The predicted molar refractivity (Wildman–Crippen MR) is 69.1 cm³/mol. The van der Waals surface area contributed by atoms with E-state index in [1.165, 1.54) is 0 Å². The summed E-state index contributed by atoms with van der Waals surface area (Å²) in [5.74, 6) is 0. The molecular weight excluding hydrogens is 232 g/mol. The highest BCUT2D eigenvalue weighted by Crippen LogP contribution is 2.35. The summed E-state index contributed by atoms with van der Waals surface area (Å²) in [5, 5.41) is 0.807. The average molecular weight is 244 g/mol. The summed E-state index contributed by atoms with van der Waals surface area (Å²) in [4.78, 5) is 18.2. The molecule has 3 rings (SSSR count). The van der Waals surface area contributed by atoms with E-state index in [1.54, 1.807) is 16.2 Å². The van der Waals surface area contributed by atoms with Gasteiger partial charge in [0.15, 0.2) is 5.13 Å². The average Bonchev–Trinajstić information content (AvgIpc) is 3.09. The van der Waals surface area contributed by atoms with Crippen LogP contribution in [0.15, 0.2) is 36.5 Å². The summed E-state index contributed by atoms with van der Waals surface area (Å²) >= 11 is 1.57. The van der Waals surface area contributed by atoms with E-state index in [4.69, 9.17) is 0 Å². The second-order valence-electron chi connectivity index (χ2n) is 4.12. The van der Waals surface area contributed by atoms with Crippen LogP contribution in [-0.4, -0.2) is 17.4 Å². The van der Waals surface area contributed by atoms with E-state index in [1.807, 2.05) is 24.4 Å². The monoisotopic (exact) mass is 244 g/mol. The van der Waals surface area contributed by atoms with Gasteiger partial charge in [-0.1, -0.05) is 41.7 Å². The Balaban J connectivity index is 1.89. The van der Waals surface area contributed by atoms with Gasteiger partial charge in [-0.3, -0.25) is 9.69 Å². The Morgan fingerprint density at radius 1 is 1.29 bits per heavy atom. The third kappa shape index (κ3) is 2.08. The third-order valence-corrected chi connectivity index (χ3v) is 3.89. The van der Waals surface area contributed by atoms with Gasteiger partial charge in [0.1, 0.15) is 0 Å². The van der Waals surface area contributed by atoms with E-state index in [9.17, 15) is 4.79 Å². The molecule has 3 nitrogen and oxygen atoms in total. The fourth-order valence-corrected chi connectivity index (χ4v) is 2.72. The maximum absolute atomic E-state index is 11.0. The maximum Gasteiger partial charge on any atom is 0.216 e. The van der Waals surface area contributed by atoms with Crippen LogP contribution >= 0.6 is 11.3 Å². The van der Waals surface area contributed by atoms with Crippen molar-refractivity contribution in [3.8, 4) is 10.4 Å². The number of amides is 1. The van der Waals surface area contributed by atoms with E-state index in [-0.39, 0.29) is 0 Å². The molecule has 4 heteroatoms. The van der Waals surface area contributed by atoms with Crippen LogP contribution in [-0.2, 0) is 4.79 Å². The first-order valence-corrected chi connectivity index (χ1v) is 6.45. The number of rotatable bonds is 4. The molecule has 1 aromatic carbocycles. The van der Waals surface area contributed by atoms with Crippen LogP contribution in [0.2, 0.25) is 0 Å². The van der Waals surface area contributed by atoms with E-state index >= 15 is 0 Å². The van der Waals surface area contributed by atoms with E-state index < -0.39 is 0 Å². The van der Waals surface area contributed by atoms with Crippen molar-refractivity contribution in [1.82, 2.24) is 4.98 Å². The van der Waals surface area contributed by atoms with Gasteiger partial charge in [-0.05, 0) is 18.4 Å². The van der Waals surface area contributed by atoms with Crippen molar-refractivity contribution >= 4 is 22.9 Å². The number of carbonyl (C=O) groups is 1. The molecule has 0 bridgehead atoms. The van der Waals surface area contributed by atoms with Crippen molar-refractivity contribution < 1.29 is 4.79 Å². The molecule has 0 radical (unpaired) electrons. The molecule has 1 aliphatic rings. The Hall–Kier alpha value is -1.68. The molecule has 0 N–H and O–H groups in total. The van der Waals surface area contributed by atoms with E-state index in [2.05, 4.69) is 17.1 Å². The number of aromatic nitrogens is 1. The van der Waals surface area contributed by atoms with Crippen molar-refractivity contribution in [1.29, 1.82) is 0 Å². The molecule has 1 heterocycles. The van der Waals surface area contributed by atoms with Crippen molar-refractivity contribution in [3.05, 3.63) is 36.5 Å². The Kier molecular flexibility index (Phi) is 2.65. The number of anilines is 1. The van der Waals surface area contributed by atoms with Crippen LogP contribution in [0, 0.1) is 0 Å². The standard InChI is InChI=1S/C13H12N2OS/c16-9-15(11-6-7-11)13-14-8-12(17-13)10-4-2-1-3-5-10/h1-5,8-9,11H,6-7H2. The Morgan fingerprint density at radius 3 is 2.71 bits per heavy atom. The highest BCUT2D eigenvalue weighted by Gasteiger charge is 2.30. The zero-order valence-corrected chi connectivity index (χ0v) is 10.1. The molecule has 1 aliphatic carbocycles. The lowest BCUT2D eigenvalue weighted by atomic mass is 10.2. The Morgan fingerprint density at radius 2 is 2.06 bits per heavy atom. The van der Waals surface area contributed by atoms with Crippen molar-refractivity contribution in [2.45, 2.75) is 18.9 Å². The van der Waals surface area contributed by atoms with E-state index in [0.717, 1.165) is 34.8 Å². The van der Waals surface area contributed by atoms with Crippen molar-refractivity contribution in [2.24, 2.45) is 0 Å². The molecule has 0 aliphatic heterocycles. The zero-order chi connectivity index (χ0) is 11.7. The Bertz CT molecular complexity index is 519. The van der Waals surface area contributed by atoms with Gasteiger partial charge in [-0.15, -0.1) is 0 Å². The highest BCUT2D eigenvalue weighted by atomic mass is 32.1. The maximum atomic E-state index is 11.0. The van der Waals surface area contributed by atoms with Crippen LogP contribution in [0.5, 0.6) is 0 Å². The van der Waals surface area contributed by atoms with Gasteiger partial charge in [0.05, 0.1) is 4.88 Å². The molecule has 1 aromatic heterocycles. The van der Waals surface area contributed by atoms with Gasteiger partial charge < -0.3 is 0 Å². The molecule has 17 heavy (non-hydrogen) atoms. The molecule has 0 unspecified atom stereocenters. The number of hydrogen-bond donors (Lipinski definition) is 0. The smallest absolute Gasteiger partial charge is 0.216 e. The number of benzene rings is 1. The lowest BCUT2D eigenvalue weighted by Gasteiger charge is -2.11. The quantitative estimate of drug-likeness (QED) is 0.775. The van der Waals surface area contributed by atoms with Gasteiger partial charge in [0, 0.05) is 12.2 Å². The van der Waals surface area contributed by atoms with Gasteiger partial charge >= 0.3 is 0 Å².